The standard InChI is InChI=1S/C10H10N2O2S2/c1-7-3-5-9(6-4-7)16(13,14)10-11-8(2)12-15-10/h3-6H,1-2H3. The average molecular weight is 254 g/mol. The van der Waals surface area contributed by atoms with Crippen molar-refractivity contribution in [2.45, 2.75) is 23.1 Å². The fraction of sp³-hybridized carbons (Fsp3) is 0.200. The summed E-state index contributed by atoms with van der Waals surface area (Å²) in [6.45, 7) is 3.58. The summed E-state index contributed by atoms with van der Waals surface area (Å²) in [5.41, 5.74) is 1.02. The molecule has 0 aliphatic carbocycles. The second-order valence-electron chi connectivity index (χ2n) is 3.42. The molecule has 0 saturated heterocycles. The molecular weight excluding hydrogens is 244 g/mol. The third-order valence-electron chi connectivity index (χ3n) is 2.07. The zero-order valence-corrected chi connectivity index (χ0v) is 10.5. The summed E-state index contributed by atoms with van der Waals surface area (Å²) in [7, 11) is -3.49. The van der Waals surface area contributed by atoms with Gasteiger partial charge in [0.2, 0.25) is 14.2 Å². The van der Waals surface area contributed by atoms with Crippen LogP contribution in [0.3, 0.4) is 0 Å². The lowest BCUT2D eigenvalue weighted by atomic mass is 10.2. The predicted octanol–water partition coefficient (Wildman–Crippen LogP) is 1.99. The van der Waals surface area contributed by atoms with E-state index in [9.17, 15) is 8.42 Å². The minimum Gasteiger partial charge on any atom is -0.216 e. The molecule has 0 amide bonds. The van der Waals surface area contributed by atoms with Gasteiger partial charge in [0.25, 0.3) is 0 Å². The SMILES string of the molecule is Cc1ccc(S(=O)(=O)c2nc(C)ns2)cc1. The van der Waals surface area contributed by atoms with Gasteiger partial charge in [0, 0.05) is 0 Å². The van der Waals surface area contributed by atoms with E-state index in [1.165, 1.54) is 0 Å². The smallest absolute Gasteiger partial charge is 0.216 e. The van der Waals surface area contributed by atoms with Crippen molar-refractivity contribution in [1.29, 1.82) is 0 Å². The first-order valence-corrected chi connectivity index (χ1v) is 6.88. The van der Waals surface area contributed by atoms with Crippen LogP contribution in [0.4, 0.5) is 0 Å². The zero-order valence-electron chi connectivity index (χ0n) is 8.84. The van der Waals surface area contributed by atoms with Gasteiger partial charge >= 0.3 is 0 Å². The molecule has 1 aromatic heterocycles. The highest BCUT2D eigenvalue weighted by Crippen LogP contribution is 2.22. The second kappa shape index (κ2) is 3.95. The first-order valence-electron chi connectivity index (χ1n) is 4.62. The Labute approximate surface area is 98.1 Å². The van der Waals surface area contributed by atoms with Crippen LogP contribution < -0.4 is 0 Å². The summed E-state index contributed by atoms with van der Waals surface area (Å²) in [5.74, 6) is 0.482. The van der Waals surface area contributed by atoms with E-state index in [0.717, 1.165) is 17.1 Å². The highest BCUT2D eigenvalue weighted by Gasteiger charge is 2.21. The second-order valence-corrected chi connectivity index (χ2v) is 6.30. The van der Waals surface area contributed by atoms with Crippen LogP contribution in [0.2, 0.25) is 0 Å². The van der Waals surface area contributed by atoms with Crippen LogP contribution in [0.25, 0.3) is 0 Å². The molecule has 0 aliphatic heterocycles. The van der Waals surface area contributed by atoms with Gasteiger partial charge in [-0.2, -0.15) is 4.37 Å². The normalized spacial score (nSPS) is 11.6. The van der Waals surface area contributed by atoms with Gasteiger partial charge in [-0.1, -0.05) is 17.7 Å². The number of hydrogen-bond acceptors (Lipinski definition) is 5. The molecule has 0 saturated carbocycles. The van der Waals surface area contributed by atoms with Crippen molar-refractivity contribution < 1.29 is 8.42 Å². The van der Waals surface area contributed by atoms with E-state index in [4.69, 9.17) is 0 Å². The van der Waals surface area contributed by atoms with Crippen molar-refractivity contribution >= 4 is 21.4 Å². The zero-order chi connectivity index (χ0) is 11.8. The molecule has 1 aromatic carbocycles. The topological polar surface area (TPSA) is 59.9 Å². The van der Waals surface area contributed by atoms with Gasteiger partial charge in [-0.15, -0.1) is 0 Å². The maximum atomic E-state index is 12.1. The van der Waals surface area contributed by atoms with Crippen molar-refractivity contribution in [3.63, 3.8) is 0 Å². The van der Waals surface area contributed by atoms with E-state index < -0.39 is 9.84 Å². The summed E-state index contributed by atoms with van der Waals surface area (Å²) in [5, 5.41) is 0. The molecule has 16 heavy (non-hydrogen) atoms. The van der Waals surface area contributed by atoms with Crippen LogP contribution in [0.5, 0.6) is 0 Å². The molecule has 84 valence electrons. The molecule has 0 radical (unpaired) electrons. The Kier molecular flexibility index (Phi) is 2.77. The van der Waals surface area contributed by atoms with Crippen LogP contribution in [-0.2, 0) is 9.84 Å². The number of benzene rings is 1. The molecule has 0 atom stereocenters. The fourth-order valence-corrected chi connectivity index (χ4v) is 3.37. The summed E-state index contributed by atoms with van der Waals surface area (Å²) < 4.78 is 28.1. The van der Waals surface area contributed by atoms with E-state index in [1.54, 1.807) is 31.2 Å². The van der Waals surface area contributed by atoms with E-state index >= 15 is 0 Å². The molecule has 0 bridgehead atoms. The van der Waals surface area contributed by atoms with Crippen LogP contribution >= 0.6 is 11.5 Å². The number of sulfone groups is 1. The lowest BCUT2D eigenvalue weighted by Gasteiger charge is -2.00. The lowest BCUT2D eigenvalue weighted by molar-refractivity contribution is 0.595. The number of rotatable bonds is 2. The van der Waals surface area contributed by atoms with E-state index in [0.29, 0.717) is 5.82 Å². The predicted molar refractivity (Wildman–Crippen MR) is 61.3 cm³/mol. The fourth-order valence-electron chi connectivity index (χ4n) is 1.21. The van der Waals surface area contributed by atoms with Crippen molar-refractivity contribution in [3.05, 3.63) is 35.7 Å². The summed E-state index contributed by atoms with van der Waals surface area (Å²) in [6, 6.07) is 6.70. The van der Waals surface area contributed by atoms with Crippen LogP contribution in [0, 0.1) is 13.8 Å². The Morgan fingerprint density at radius 1 is 1.12 bits per heavy atom. The number of nitrogens with zero attached hydrogens (tertiary/aromatic N) is 2. The van der Waals surface area contributed by atoms with Crippen molar-refractivity contribution in [1.82, 2.24) is 9.36 Å². The molecule has 0 aliphatic rings. The van der Waals surface area contributed by atoms with Crippen LogP contribution in [0.1, 0.15) is 11.4 Å². The first-order chi connectivity index (χ1) is 7.50. The van der Waals surface area contributed by atoms with Crippen LogP contribution in [-0.4, -0.2) is 17.8 Å². The van der Waals surface area contributed by atoms with Gasteiger partial charge in [0.15, 0.2) is 0 Å². The third-order valence-corrected chi connectivity index (χ3v) is 5.00. The molecule has 0 spiro atoms. The van der Waals surface area contributed by atoms with E-state index in [1.807, 2.05) is 6.92 Å². The lowest BCUT2D eigenvalue weighted by Crippen LogP contribution is -2.01. The Balaban J connectivity index is 2.51. The van der Waals surface area contributed by atoms with E-state index in [2.05, 4.69) is 9.36 Å². The van der Waals surface area contributed by atoms with Gasteiger partial charge in [-0.25, -0.2) is 13.4 Å². The Morgan fingerprint density at radius 3 is 2.25 bits per heavy atom. The molecule has 4 nitrogen and oxygen atoms in total. The van der Waals surface area contributed by atoms with E-state index in [-0.39, 0.29) is 9.24 Å². The van der Waals surface area contributed by atoms with Gasteiger partial charge in [-0.3, -0.25) is 0 Å². The number of hydrogen-bond donors (Lipinski definition) is 0. The van der Waals surface area contributed by atoms with Gasteiger partial charge in [0.05, 0.1) is 4.90 Å². The van der Waals surface area contributed by atoms with Gasteiger partial charge in [0.1, 0.15) is 5.82 Å². The molecule has 6 heteroatoms. The molecular formula is C10H10N2O2S2. The summed E-state index contributed by atoms with van der Waals surface area (Å²) in [4.78, 5) is 4.16. The Morgan fingerprint density at radius 2 is 1.75 bits per heavy atom. The van der Waals surface area contributed by atoms with Gasteiger partial charge < -0.3 is 0 Å². The number of aryl methyl sites for hydroxylation is 2. The van der Waals surface area contributed by atoms with Crippen molar-refractivity contribution in [2.75, 3.05) is 0 Å². The quantitative estimate of drug-likeness (QED) is 0.822. The third kappa shape index (κ3) is 1.98. The highest BCUT2D eigenvalue weighted by atomic mass is 32.2. The van der Waals surface area contributed by atoms with Gasteiger partial charge in [-0.05, 0) is 37.5 Å². The average Bonchev–Trinajstić information content (AvgIpc) is 2.66. The highest BCUT2D eigenvalue weighted by molar-refractivity contribution is 7.93. The molecule has 0 N–H and O–H groups in total. The van der Waals surface area contributed by atoms with Crippen molar-refractivity contribution in [2.24, 2.45) is 0 Å². The first kappa shape index (κ1) is 11.2. The number of aromatic nitrogens is 2. The molecule has 1 heterocycles. The summed E-state index contributed by atoms with van der Waals surface area (Å²) >= 11 is 0.906. The molecule has 0 fully saturated rings. The Bertz CT molecular complexity index is 600. The van der Waals surface area contributed by atoms with Crippen LogP contribution in [0.15, 0.2) is 33.5 Å². The molecule has 2 rings (SSSR count). The maximum absolute atomic E-state index is 12.1. The largest absolute Gasteiger partial charge is 0.235 e. The maximum Gasteiger partial charge on any atom is 0.235 e. The minimum atomic E-state index is -3.49. The van der Waals surface area contributed by atoms with Crippen molar-refractivity contribution in [3.8, 4) is 0 Å². The molecule has 0 unspecified atom stereocenters. The Hall–Kier alpha value is -1.27. The summed E-state index contributed by atoms with van der Waals surface area (Å²) in [6.07, 6.45) is 0. The monoisotopic (exact) mass is 254 g/mol. The minimum absolute atomic E-state index is 0.0499. The molecule has 2 aromatic rings.